The number of aromatic nitrogens is 1. The third-order valence-electron chi connectivity index (χ3n) is 6.35. The number of aliphatic carboxylic acids is 1. The maximum atomic E-state index is 12.7. The fourth-order valence-corrected chi connectivity index (χ4v) is 4.93. The molecule has 1 aromatic heterocycles. The summed E-state index contributed by atoms with van der Waals surface area (Å²) in [5, 5.41) is 16.7. The summed E-state index contributed by atoms with van der Waals surface area (Å²) in [7, 11) is 0. The third kappa shape index (κ3) is 3.05. The number of hydrogen-bond donors (Lipinski definition) is 4. The summed E-state index contributed by atoms with van der Waals surface area (Å²) >= 11 is 0. The summed E-state index contributed by atoms with van der Waals surface area (Å²) in [5.41, 5.74) is 0.997. The van der Waals surface area contributed by atoms with E-state index >= 15 is 0 Å². The summed E-state index contributed by atoms with van der Waals surface area (Å²) < 4.78 is 0. The number of aromatic amines is 1. The van der Waals surface area contributed by atoms with E-state index in [-0.39, 0.29) is 6.42 Å². The van der Waals surface area contributed by atoms with Gasteiger partial charge < -0.3 is 10.1 Å². The molecule has 2 aliphatic heterocycles. The van der Waals surface area contributed by atoms with Crippen LogP contribution in [-0.4, -0.2) is 39.5 Å². The number of amides is 2. The number of benzene rings is 2. The van der Waals surface area contributed by atoms with Gasteiger partial charge in [-0.2, -0.15) is 0 Å². The number of hydrogen-bond acceptors (Lipinski definition) is 4. The molecule has 0 radical (unpaired) electrons. The minimum Gasteiger partial charge on any atom is -0.480 e. The van der Waals surface area contributed by atoms with Gasteiger partial charge >= 0.3 is 5.97 Å². The van der Waals surface area contributed by atoms with Crippen LogP contribution in [0.25, 0.3) is 17.0 Å². The molecule has 5 rings (SSSR count). The van der Waals surface area contributed by atoms with E-state index in [1.54, 1.807) is 12.3 Å². The zero-order valence-corrected chi connectivity index (χ0v) is 16.5. The number of carbonyl (C=O) groups excluding carboxylic acids is 2. The first-order chi connectivity index (χ1) is 15.0. The van der Waals surface area contributed by atoms with Gasteiger partial charge in [0.05, 0.1) is 11.8 Å². The summed E-state index contributed by atoms with van der Waals surface area (Å²) in [6, 6.07) is 16.5. The fourth-order valence-electron chi connectivity index (χ4n) is 4.93. The predicted octanol–water partition coefficient (Wildman–Crippen LogP) is 2.11. The number of imide groups is 1. The molecule has 2 aliphatic rings. The van der Waals surface area contributed by atoms with E-state index in [2.05, 4.69) is 15.6 Å². The average molecular weight is 415 g/mol. The van der Waals surface area contributed by atoms with Crippen molar-refractivity contribution < 1.29 is 19.5 Å². The Balaban J connectivity index is 1.56. The Labute approximate surface area is 178 Å². The van der Waals surface area contributed by atoms with Crippen LogP contribution in [0.3, 0.4) is 0 Å². The van der Waals surface area contributed by atoms with Crippen LogP contribution >= 0.6 is 0 Å². The summed E-state index contributed by atoms with van der Waals surface area (Å²) in [5.74, 6) is -3.91. The van der Waals surface area contributed by atoms with Gasteiger partial charge in [-0.3, -0.25) is 25.0 Å². The second-order valence-electron chi connectivity index (χ2n) is 8.11. The second-order valence-corrected chi connectivity index (χ2v) is 8.11. The van der Waals surface area contributed by atoms with Crippen LogP contribution in [-0.2, 0) is 20.8 Å². The van der Waals surface area contributed by atoms with Gasteiger partial charge in [-0.1, -0.05) is 60.7 Å². The number of nitrogens with one attached hydrogen (secondary N) is 3. The molecule has 4 unspecified atom stereocenters. The Bertz CT molecular complexity index is 1220. The van der Waals surface area contributed by atoms with Gasteiger partial charge in [-0.05, 0) is 17.2 Å². The first-order valence-corrected chi connectivity index (χ1v) is 10.1. The van der Waals surface area contributed by atoms with E-state index in [1.807, 2.05) is 60.7 Å². The molecule has 7 nitrogen and oxygen atoms in total. The second kappa shape index (κ2) is 7.21. The van der Waals surface area contributed by atoms with Gasteiger partial charge in [0.2, 0.25) is 11.8 Å². The van der Waals surface area contributed by atoms with Crippen LogP contribution < -0.4 is 10.6 Å². The Morgan fingerprint density at radius 2 is 1.77 bits per heavy atom. The third-order valence-corrected chi connectivity index (χ3v) is 6.35. The highest BCUT2D eigenvalue weighted by Gasteiger charge is 2.65. The van der Waals surface area contributed by atoms with Crippen molar-refractivity contribution >= 4 is 34.8 Å². The normalized spacial score (nSPS) is 27.7. The van der Waals surface area contributed by atoms with Gasteiger partial charge in [0.15, 0.2) is 0 Å². The molecule has 0 spiro atoms. The standard InChI is InChI=1S/C24H21N3O4/c28-21-19-18(11-10-14-6-2-1-3-7-14)27-24(23(30)31,20(19)22(29)26-21)12-15-13-25-17-9-5-4-8-16(15)17/h1-11,13,18-20,25,27H,12H2,(H,30,31)(H,26,28,29)/b11-10+. The van der Waals surface area contributed by atoms with Crippen molar-refractivity contribution in [1.82, 2.24) is 15.6 Å². The Morgan fingerprint density at radius 3 is 2.55 bits per heavy atom. The fraction of sp³-hybridized carbons (Fsp3) is 0.208. The van der Waals surface area contributed by atoms with Crippen molar-refractivity contribution in [3.63, 3.8) is 0 Å². The van der Waals surface area contributed by atoms with Crippen molar-refractivity contribution in [3.8, 4) is 0 Å². The van der Waals surface area contributed by atoms with Crippen LogP contribution in [0.5, 0.6) is 0 Å². The molecule has 0 saturated carbocycles. The molecule has 0 bridgehead atoms. The zero-order valence-electron chi connectivity index (χ0n) is 16.5. The molecule has 7 heteroatoms. The van der Waals surface area contributed by atoms with E-state index in [4.69, 9.17) is 0 Å². The van der Waals surface area contributed by atoms with E-state index < -0.39 is 41.2 Å². The number of fused-ring (bicyclic) bond motifs is 2. The minimum absolute atomic E-state index is 0.0733. The maximum absolute atomic E-state index is 12.7. The highest BCUT2D eigenvalue weighted by molar-refractivity contribution is 6.09. The molecule has 156 valence electrons. The maximum Gasteiger partial charge on any atom is 0.325 e. The molecule has 3 aromatic rings. The van der Waals surface area contributed by atoms with Gasteiger partial charge in [-0.15, -0.1) is 0 Å². The van der Waals surface area contributed by atoms with E-state index in [0.717, 1.165) is 22.0 Å². The number of H-pyrrole nitrogens is 1. The lowest BCUT2D eigenvalue weighted by molar-refractivity contribution is -0.149. The van der Waals surface area contributed by atoms with Crippen molar-refractivity contribution in [3.05, 3.63) is 78.0 Å². The smallest absolute Gasteiger partial charge is 0.325 e. The first kappa shape index (κ1) is 19.3. The monoisotopic (exact) mass is 415 g/mol. The highest BCUT2D eigenvalue weighted by Crippen LogP contribution is 2.43. The number of carboxylic acids is 1. The lowest BCUT2D eigenvalue weighted by atomic mass is 9.76. The lowest BCUT2D eigenvalue weighted by Crippen LogP contribution is -2.57. The molecule has 0 aliphatic carbocycles. The van der Waals surface area contributed by atoms with Crippen molar-refractivity contribution in [2.24, 2.45) is 11.8 Å². The summed E-state index contributed by atoms with van der Waals surface area (Å²) in [4.78, 5) is 41.1. The number of carboxylic acid groups (broad SMARTS) is 1. The van der Waals surface area contributed by atoms with Crippen LogP contribution in [0, 0.1) is 11.8 Å². The van der Waals surface area contributed by atoms with Crippen LogP contribution in [0.15, 0.2) is 66.9 Å². The number of carbonyl (C=O) groups is 3. The molecular formula is C24H21N3O4. The minimum atomic E-state index is -1.60. The van der Waals surface area contributed by atoms with Gasteiger partial charge in [0, 0.05) is 29.6 Å². The van der Waals surface area contributed by atoms with Crippen LogP contribution in [0.4, 0.5) is 0 Å². The molecule has 3 heterocycles. The quantitative estimate of drug-likeness (QED) is 0.477. The molecule has 2 fully saturated rings. The van der Waals surface area contributed by atoms with E-state index in [0.29, 0.717) is 0 Å². The molecule has 2 aromatic carbocycles. The van der Waals surface area contributed by atoms with Crippen LogP contribution in [0.2, 0.25) is 0 Å². The Hall–Kier alpha value is -3.71. The molecule has 2 amide bonds. The number of para-hydroxylation sites is 1. The average Bonchev–Trinajstić information content (AvgIpc) is 3.42. The predicted molar refractivity (Wildman–Crippen MR) is 115 cm³/mol. The van der Waals surface area contributed by atoms with E-state index in [1.165, 1.54) is 0 Å². The topological polar surface area (TPSA) is 111 Å². The SMILES string of the molecule is O=C1NC(=O)C2C1C(/C=C/c1ccccc1)NC2(Cc1c[nH]c2ccccc12)C(=O)O. The highest BCUT2D eigenvalue weighted by atomic mass is 16.4. The Kier molecular flexibility index (Phi) is 4.48. The van der Waals surface area contributed by atoms with Crippen molar-refractivity contribution in [2.75, 3.05) is 0 Å². The summed E-state index contributed by atoms with van der Waals surface area (Å²) in [6.07, 6.45) is 5.47. The lowest BCUT2D eigenvalue weighted by Gasteiger charge is -2.29. The Morgan fingerprint density at radius 1 is 1.03 bits per heavy atom. The summed E-state index contributed by atoms with van der Waals surface area (Å²) in [6.45, 7) is 0. The number of rotatable bonds is 5. The van der Waals surface area contributed by atoms with Gasteiger partial charge in [-0.25, -0.2) is 0 Å². The molecule has 2 saturated heterocycles. The molecule has 31 heavy (non-hydrogen) atoms. The van der Waals surface area contributed by atoms with Crippen molar-refractivity contribution in [2.45, 2.75) is 18.0 Å². The molecular weight excluding hydrogens is 394 g/mol. The largest absolute Gasteiger partial charge is 0.480 e. The van der Waals surface area contributed by atoms with Gasteiger partial charge in [0.1, 0.15) is 5.54 Å². The molecule has 4 atom stereocenters. The first-order valence-electron chi connectivity index (χ1n) is 10.1. The van der Waals surface area contributed by atoms with E-state index in [9.17, 15) is 19.5 Å². The van der Waals surface area contributed by atoms with Crippen molar-refractivity contribution in [1.29, 1.82) is 0 Å². The van der Waals surface area contributed by atoms with Crippen LogP contribution in [0.1, 0.15) is 11.1 Å². The molecule has 4 N–H and O–H groups in total. The zero-order chi connectivity index (χ0) is 21.6. The van der Waals surface area contributed by atoms with Gasteiger partial charge in [0.25, 0.3) is 0 Å².